The molecule has 0 amide bonds. The molecule has 0 aliphatic carbocycles. The predicted octanol–water partition coefficient (Wildman–Crippen LogP) is 1.82. The summed E-state index contributed by atoms with van der Waals surface area (Å²) in [5.74, 6) is 0. The van der Waals surface area contributed by atoms with Gasteiger partial charge < -0.3 is 34.4 Å². The van der Waals surface area contributed by atoms with Crippen molar-refractivity contribution in [3.63, 3.8) is 0 Å². The highest BCUT2D eigenvalue weighted by atomic mass is 16.7. The Hall–Kier alpha value is -0.890. The quantitative estimate of drug-likeness (QED) is 0.162. The summed E-state index contributed by atoms with van der Waals surface area (Å²) < 4.78 is 4.86. The Kier molecular flexibility index (Phi) is 17.6. The van der Waals surface area contributed by atoms with Gasteiger partial charge in [-0.15, -0.1) is 0 Å². The third-order valence-corrected chi connectivity index (χ3v) is 5.38. The molecule has 0 heterocycles. The molecular weight excluding hydrogens is 362 g/mol. The van der Waals surface area contributed by atoms with Gasteiger partial charge in [0.15, 0.2) is 0 Å². The van der Waals surface area contributed by atoms with E-state index >= 15 is 0 Å². The van der Waals surface area contributed by atoms with Crippen LogP contribution in [0.15, 0.2) is 0 Å². The number of ether oxygens (including phenoxy) is 1. The fourth-order valence-electron chi connectivity index (χ4n) is 3.79. The Morgan fingerprint density at radius 2 is 1.46 bits per heavy atom. The summed E-state index contributed by atoms with van der Waals surface area (Å²) in [4.78, 5) is 10.3. The summed E-state index contributed by atoms with van der Waals surface area (Å²) >= 11 is 0. The SMILES string of the molecule is CCCCCCCCCCC(O)C[N+](CCO)(CCO)CCCCOC(=O)[O-]. The van der Waals surface area contributed by atoms with E-state index in [-0.39, 0.29) is 19.8 Å². The first-order valence-corrected chi connectivity index (χ1v) is 11.1. The zero-order valence-corrected chi connectivity index (χ0v) is 17.8. The molecule has 0 bridgehead atoms. The van der Waals surface area contributed by atoms with Crippen molar-refractivity contribution in [2.75, 3.05) is 46.0 Å². The smallest absolute Gasteiger partial charge is 0.251 e. The highest BCUT2D eigenvalue weighted by molar-refractivity contribution is 5.53. The minimum atomic E-state index is -1.52. The van der Waals surface area contributed by atoms with Crippen molar-refractivity contribution in [3.8, 4) is 0 Å². The second-order valence-electron chi connectivity index (χ2n) is 7.87. The molecule has 168 valence electrons. The molecule has 7 heteroatoms. The molecule has 0 saturated carbocycles. The molecule has 28 heavy (non-hydrogen) atoms. The summed E-state index contributed by atoms with van der Waals surface area (Å²) in [5, 5.41) is 39.7. The van der Waals surface area contributed by atoms with Crippen molar-refractivity contribution < 1.29 is 34.4 Å². The largest absolute Gasteiger partial charge is 0.550 e. The van der Waals surface area contributed by atoms with Gasteiger partial charge >= 0.3 is 0 Å². The van der Waals surface area contributed by atoms with E-state index in [1.807, 2.05) is 0 Å². The molecule has 0 aromatic heterocycles. The van der Waals surface area contributed by atoms with Crippen LogP contribution in [0.3, 0.4) is 0 Å². The summed E-state index contributed by atoms with van der Waals surface area (Å²) in [6.07, 6.45) is 9.78. The fraction of sp³-hybridized carbons (Fsp3) is 0.952. The van der Waals surface area contributed by atoms with Gasteiger partial charge in [0.25, 0.3) is 6.16 Å². The third-order valence-electron chi connectivity index (χ3n) is 5.38. The number of unbranched alkanes of at least 4 members (excludes halogenated alkanes) is 8. The molecule has 1 atom stereocenters. The van der Waals surface area contributed by atoms with Gasteiger partial charge in [0, 0.05) is 6.61 Å². The minimum Gasteiger partial charge on any atom is -0.550 e. The maximum Gasteiger partial charge on any atom is 0.251 e. The molecule has 0 aromatic rings. The van der Waals surface area contributed by atoms with E-state index < -0.39 is 12.3 Å². The summed E-state index contributed by atoms with van der Waals surface area (Å²) in [5.41, 5.74) is 0. The van der Waals surface area contributed by atoms with Gasteiger partial charge in [-0.2, -0.15) is 0 Å². The molecule has 0 saturated heterocycles. The Balaban J connectivity index is 4.23. The van der Waals surface area contributed by atoms with Crippen LogP contribution in [0.2, 0.25) is 0 Å². The standard InChI is InChI=1S/C21H43NO6/c1-2-3-4-5-6-7-8-9-12-20(25)19-22(14-16-23,15-17-24)13-10-11-18-28-21(26)27/h20,23-25H,2-19H2,1H3. The van der Waals surface area contributed by atoms with Crippen molar-refractivity contribution in [3.05, 3.63) is 0 Å². The average molecular weight is 406 g/mol. The zero-order chi connectivity index (χ0) is 21.1. The van der Waals surface area contributed by atoms with Crippen molar-refractivity contribution in [1.82, 2.24) is 0 Å². The van der Waals surface area contributed by atoms with E-state index in [2.05, 4.69) is 11.7 Å². The number of carbonyl (C=O) groups is 1. The van der Waals surface area contributed by atoms with Gasteiger partial charge in [-0.1, -0.05) is 58.3 Å². The van der Waals surface area contributed by atoms with Gasteiger partial charge in [0.05, 0.1) is 19.8 Å². The normalized spacial score (nSPS) is 12.9. The second kappa shape index (κ2) is 18.2. The van der Waals surface area contributed by atoms with E-state index in [0.717, 1.165) is 19.3 Å². The summed E-state index contributed by atoms with van der Waals surface area (Å²) in [6, 6.07) is 0. The summed E-state index contributed by atoms with van der Waals surface area (Å²) in [6.45, 7) is 4.37. The van der Waals surface area contributed by atoms with E-state index in [1.54, 1.807) is 0 Å². The van der Waals surface area contributed by atoms with Crippen LogP contribution in [0.5, 0.6) is 0 Å². The number of hydrogen-bond acceptors (Lipinski definition) is 6. The number of carbonyl (C=O) groups excluding carboxylic acids is 1. The second-order valence-corrected chi connectivity index (χ2v) is 7.87. The number of hydrogen-bond donors (Lipinski definition) is 3. The van der Waals surface area contributed by atoms with Gasteiger partial charge in [-0.3, -0.25) is 0 Å². The van der Waals surface area contributed by atoms with E-state index in [9.17, 15) is 25.2 Å². The highest BCUT2D eigenvalue weighted by Gasteiger charge is 2.29. The van der Waals surface area contributed by atoms with Gasteiger partial charge in [0.2, 0.25) is 0 Å². The third kappa shape index (κ3) is 15.1. The number of aliphatic hydroxyl groups is 3. The van der Waals surface area contributed by atoms with Gasteiger partial charge in [-0.25, -0.2) is 0 Å². The number of rotatable bonds is 20. The Morgan fingerprint density at radius 3 is 2.00 bits per heavy atom. The first kappa shape index (κ1) is 27.1. The monoisotopic (exact) mass is 405 g/mol. The van der Waals surface area contributed by atoms with Crippen LogP contribution >= 0.6 is 0 Å². The molecule has 0 aliphatic rings. The average Bonchev–Trinajstić information content (AvgIpc) is 2.64. The first-order valence-electron chi connectivity index (χ1n) is 11.1. The molecule has 7 nitrogen and oxygen atoms in total. The lowest BCUT2D eigenvalue weighted by Gasteiger charge is -2.39. The van der Waals surface area contributed by atoms with Gasteiger partial charge in [-0.05, 0) is 19.3 Å². The van der Waals surface area contributed by atoms with Crippen LogP contribution in [0.25, 0.3) is 0 Å². The van der Waals surface area contributed by atoms with Crippen molar-refractivity contribution >= 4 is 6.16 Å². The maximum atomic E-state index is 10.5. The lowest BCUT2D eigenvalue weighted by molar-refractivity contribution is -0.931. The van der Waals surface area contributed by atoms with Crippen LogP contribution in [-0.4, -0.2) is 78.1 Å². The topological polar surface area (TPSA) is 110 Å². The Labute approximate surface area is 170 Å². The number of nitrogens with zero attached hydrogens (tertiary/aromatic N) is 1. The lowest BCUT2D eigenvalue weighted by Crippen LogP contribution is -2.55. The molecule has 0 aromatic carbocycles. The lowest BCUT2D eigenvalue weighted by atomic mass is 10.0. The molecule has 3 N–H and O–H groups in total. The molecule has 0 rings (SSSR count). The van der Waals surface area contributed by atoms with E-state index in [4.69, 9.17) is 0 Å². The maximum absolute atomic E-state index is 10.5. The van der Waals surface area contributed by atoms with Crippen molar-refractivity contribution in [2.45, 2.75) is 83.7 Å². The molecule has 1 unspecified atom stereocenters. The van der Waals surface area contributed by atoms with Crippen LogP contribution < -0.4 is 5.11 Å². The summed E-state index contributed by atoms with van der Waals surface area (Å²) in [7, 11) is 0. The zero-order valence-electron chi connectivity index (χ0n) is 17.8. The van der Waals surface area contributed by atoms with Crippen LogP contribution in [0.4, 0.5) is 4.79 Å². The minimum absolute atomic E-state index is 0.0139. The van der Waals surface area contributed by atoms with Crippen molar-refractivity contribution in [2.24, 2.45) is 0 Å². The van der Waals surface area contributed by atoms with E-state index in [0.29, 0.717) is 43.5 Å². The molecular formula is C21H43NO6. The number of carboxylic acid groups (broad SMARTS) is 1. The molecule has 0 spiro atoms. The van der Waals surface area contributed by atoms with Crippen LogP contribution in [0.1, 0.15) is 77.6 Å². The fourth-order valence-corrected chi connectivity index (χ4v) is 3.79. The van der Waals surface area contributed by atoms with Gasteiger partial charge in [0.1, 0.15) is 25.7 Å². The number of aliphatic hydroxyl groups excluding tert-OH is 3. The van der Waals surface area contributed by atoms with E-state index in [1.165, 1.54) is 38.5 Å². The van der Waals surface area contributed by atoms with Crippen LogP contribution in [-0.2, 0) is 4.74 Å². The molecule has 0 fully saturated rings. The Bertz CT molecular complexity index is 361. The number of quaternary nitrogens is 1. The highest BCUT2D eigenvalue weighted by Crippen LogP contribution is 2.15. The molecule has 0 aliphatic heterocycles. The Morgan fingerprint density at radius 1 is 0.893 bits per heavy atom. The first-order chi connectivity index (χ1) is 13.5. The van der Waals surface area contributed by atoms with Crippen molar-refractivity contribution in [1.29, 1.82) is 0 Å². The van der Waals surface area contributed by atoms with Crippen LogP contribution in [0, 0.1) is 0 Å². The predicted molar refractivity (Wildman–Crippen MR) is 108 cm³/mol. The molecule has 0 radical (unpaired) electrons.